The molecule has 2 aromatic rings. The molecule has 1 aliphatic rings. The number of hydrogen-bond donors (Lipinski definition) is 3. The first-order valence-electron chi connectivity index (χ1n) is 11.1. The van der Waals surface area contributed by atoms with E-state index < -0.39 is 17.9 Å². The second kappa shape index (κ2) is 13.6. The van der Waals surface area contributed by atoms with E-state index >= 15 is 0 Å². The maximum Gasteiger partial charge on any atom is 0.249 e. The topological polar surface area (TPSA) is 137 Å². The Morgan fingerprint density at radius 2 is 1.79 bits per heavy atom. The van der Waals surface area contributed by atoms with Crippen LogP contribution < -0.4 is 27.4 Å². The summed E-state index contributed by atoms with van der Waals surface area (Å²) in [4.78, 5) is 42.5. The highest BCUT2D eigenvalue weighted by molar-refractivity contribution is 6.16. The predicted molar refractivity (Wildman–Crippen MR) is 131 cm³/mol. The number of amides is 2. The summed E-state index contributed by atoms with van der Waals surface area (Å²) in [5.41, 5.74) is 12.5. The molecule has 9 heteroatoms. The van der Waals surface area contributed by atoms with E-state index in [1.165, 1.54) is 0 Å². The van der Waals surface area contributed by atoms with Crippen LogP contribution in [0.3, 0.4) is 0 Å². The van der Waals surface area contributed by atoms with E-state index in [1.54, 1.807) is 0 Å². The minimum Gasteiger partial charge on any atom is -0.370 e. The van der Waals surface area contributed by atoms with Crippen molar-refractivity contribution in [1.82, 2.24) is 5.32 Å². The summed E-state index contributed by atoms with van der Waals surface area (Å²) >= 11 is 0. The highest BCUT2D eigenvalue weighted by atomic mass is 35.5. The Bertz CT molecular complexity index is 1110. The van der Waals surface area contributed by atoms with Crippen LogP contribution in [0.4, 0.5) is 0 Å². The molecule has 0 radical (unpaired) electrons. The number of benzene rings is 2. The summed E-state index contributed by atoms with van der Waals surface area (Å²) in [5, 5.41) is 4.13. The van der Waals surface area contributed by atoms with Crippen LogP contribution in [0.5, 0.6) is 0 Å². The van der Waals surface area contributed by atoms with E-state index in [0.717, 1.165) is 5.56 Å². The van der Waals surface area contributed by atoms with Crippen molar-refractivity contribution >= 4 is 35.6 Å². The first-order chi connectivity index (χ1) is 16.0. The molecule has 1 unspecified atom stereocenters. The Labute approximate surface area is 204 Å². The molecule has 182 valence electrons. The lowest BCUT2D eigenvalue weighted by Crippen LogP contribution is -2.41. The van der Waals surface area contributed by atoms with Gasteiger partial charge < -0.3 is 21.5 Å². The fourth-order valence-electron chi connectivity index (χ4n) is 3.99. The molecule has 0 aliphatic carbocycles. The molecule has 8 nitrogen and oxygen atoms in total. The number of nitrogens with zero attached hydrogens (tertiary/aromatic N) is 1. The van der Waals surface area contributed by atoms with Gasteiger partial charge >= 0.3 is 0 Å². The zero-order valence-electron chi connectivity index (χ0n) is 18.9. The molecule has 0 fully saturated rings. The van der Waals surface area contributed by atoms with Crippen molar-refractivity contribution in [3.8, 4) is 0 Å². The van der Waals surface area contributed by atoms with Crippen molar-refractivity contribution < 1.29 is 19.1 Å². The van der Waals surface area contributed by atoms with E-state index in [4.69, 9.17) is 16.2 Å². The van der Waals surface area contributed by atoms with Crippen LogP contribution in [0.2, 0.25) is 0 Å². The first kappa shape index (κ1) is 27.2. The second-order valence-electron chi connectivity index (χ2n) is 7.95. The van der Waals surface area contributed by atoms with Gasteiger partial charge in [0, 0.05) is 43.3 Å². The molecule has 1 heterocycles. The van der Waals surface area contributed by atoms with Crippen LogP contribution in [0.25, 0.3) is 5.57 Å². The Hall–Kier alpha value is -3.07. The van der Waals surface area contributed by atoms with Gasteiger partial charge in [0.15, 0.2) is 5.78 Å². The molecule has 2 aromatic carbocycles. The highest BCUT2D eigenvalue weighted by Crippen LogP contribution is 2.25. The number of nitrogens with two attached hydrogens (primary N) is 2. The quantitative estimate of drug-likeness (QED) is 0.422. The first-order valence-corrected chi connectivity index (χ1v) is 11.1. The number of hydrogen-bond acceptors (Lipinski definition) is 6. The zero-order chi connectivity index (χ0) is 23.6. The summed E-state index contributed by atoms with van der Waals surface area (Å²) in [6, 6.07) is 16.8. The average Bonchev–Trinajstić information content (AvgIpc) is 2.98. The monoisotopic (exact) mass is 486 g/mol. The van der Waals surface area contributed by atoms with E-state index in [9.17, 15) is 14.4 Å². The van der Waals surface area contributed by atoms with Crippen molar-refractivity contribution in [1.29, 1.82) is 0 Å². The Kier molecular flexibility index (Phi) is 10.9. The van der Waals surface area contributed by atoms with E-state index in [-0.39, 0.29) is 56.5 Å². The maximum absolute atomic E-state index is 13.1. The van der Waals surface area contributed by atoms with Crippen LogP contribution in [-0.4, -0.2) is 43.3 Å². The van der Waals surface area contributed by atoms with Crippen LogP contribution in [0.15, 0.2) is 59.6 Å². The third kappa shape index (κ3) is 7.48. The molecule has 0 bridgehead atoms. The summed E-state index contributed by atoms with van der Waals surface area (Å²) < 4.78 is 5.99. The zero-order valence-corrected chi connectivity index (χ0v) is 19.8. The summed E-state index contributed by atoms with van der Waals surface area (Å²) in [5.74, 6) is -1.58. The van der Waals surface area contributed by atoms with Gasteiger partial charge in [0.1, 0.15) is 6.10 Å². The number of fused-ring (bicyclic) bond motifs is 1. The lowest BCUT2D eigenvalue weighted by atomic mass is 9.84. The number of para-hydroxylation sites is 1. The van der Waals surface area contributed by atoms with Crippen molar-refractivity contribution in [3.05, 3.63) is 70.7 Å². The average molecular weight is 487 g/mol. The van der Waals surface area contributed by atoms with Crippen molar-refractivity contribution in [2.24, 2.45) is 22.4 Å². The Morgan fingerprint density at radius 1 is 1.09 bits per heavy atom. The van der Waals surface area contributed by atoms with Crippen molar-refractivity contribution in [2.75, 3.05) is 19.6 Å². The standard InChI is InChI=1S/C25H30N4O4.ClH/c26-11-13-29-25(32)22(33-16-17-6-2-1-3-7-17)14-18(15-23(27)31)24-19-8-4-5-9-20(19)28-12-10-21(24)30;/h1-9,18,22H,10-16,26H2,(H2,27,31)(H,29,32);1H/t18?,22-;/m1./s1. The SMILES string of the molecule is Cl.NCCNC(=O)[C@@H](CC(CC(N)=O)C1=c2ccccc2=NCCC1=O)OCc1ccccc1. The van der Waals surface area contributed by atoms with Gasteiger partial charge in [-0.05, 0) is 24.0 Å². The number of primary amides is 1. The maximum atomic E-state index is 13.1. The normalized spacial score (nSPS) is 14.6. The number of rotatable bonds is 11. The largest absolute Gasteiger partial charge is 0.370 e. The molecule has 0 saturated carbocycles. The minimum atomic E-state index is -0.895. The van der Waals surface area contributed by atoms with Gasteiger partial charge in [0.2, 0.25) is 11.8 Å². The van der Waals surface area contributed by atoms with Gasteiger partial charge in [-0.1, -0.05) is 48.5 Å². The molecule has 5 N–H and O–H groups in total. The lowest BCUT2D eigenvalue weighted by Gasteiger charge is -2.24. The number of ketones is 1. The number of ether oxygens (including phenoxy) is 1. The number of carbonyl (C=O) groups excluding carboxylic acids is 3. The molecule has 0 spiro atoms. The summed E-state index contributed by atoms with van der Waals surface area (Å²) in [6.07, 6.45) is -0.616. The van der Waals surface area contributed by atoms with Gasteiger partial charge in [-0.25, -0.2) is 0 Å². The molecule has 0 aromatic heterocycles. The van der Waals surface area contributed by atoms with Gasteiger partial charge in [0.25, 0.3) is 0 Å². The van der Waals surface area contributed by atoms with Gasteiger partial charge in [0.05, 0.1) is 12.0 Å². The van der Waals surface area contributed by atoms with Gasteiger partial charge in [-0.2, -0.15) is 0 Å². The highest BCUT2D eigenvalue weighted by Gasteiger charge is 2.31. The molecular formula is C25H31ClN4O4. The lowest BCUT2D eigenvalue weighted by molar-refractivity contribution is -0.135. The third-order valence-corrected chi connectivity index (χ3v) is 5.50. The summed E-state index contributed by atoms with van der Waals surface area (Å²) in [6.45, 7) is 1.15. The van der Waals surface area contributed by atoms with Crippen LogP contribution in [-0.2, 0) is 25.7 Å². The van der Waals surface area contributed by atoms with Crippen LogP contribution in [0, 0.1) is 5.92 Å². The molecule has 2 atom stereocenters. The number of halogens is 1. The summed E-state index contributed by atoms with van der Waals surface area (Å²) in [7, 11) is 0. The van der Waals surface area contributed by atoms with Gasteiger partial charge in [-0.3, -0.25) is 19.4 Å². The molecule has 2 amide bonds. The molecule has 0 saturated heterocycles. The smallest absolute Gasteiger partial charge is 0.249 e. The van der Waals surface area contributed by atoms with Crippen molar-refractivity contribution in [2.45, 2.75) is 32.0 Å². The van der Waals surface area contributed by atoms with E-state index in [0.29, 0.717) is 29.2 Å². The molecule has 34 heavy (non-hydrogen) atoms. The predicted octanol–water partition coefficient (Wildman–Crippen LogP) is 0.394. The molecule has 3 rings (SSSR count). The number of Topliss-reactive ketones (excluding diaryl/α,β-unsaturated/α-hetero) is 1. The van der Waals surface area contributed by atoms with Crippen molar-refractivity contribution in [3.63, 3.8) is 0 Å². The molecule has 1 aliphatic heterocycles. The number of carbonyl (C=O) groups is 3. The van der Waals surface area contributed by atoms with Crippen LogP contribution >= 0.6 is 12.4 Å². The Balaban J connectivity index is 0.00000408. The molecular weight excluding hydrogens is 456 g/mol. The second-order valence-corrected chi connectivity index (χ2v) is 7.95. The van der Waals surface area contributed by atoms with E-state index in [1.807, 2.05) is 54.6 Å². The fraction of sp³-hybridized carbons (Fsp3) is 0.360. The van der Waals surface area contributed by atoms with E-state index in [2.05, 4.69) is 10.3 Å². The van der Waals surface area contributed by atoms with Gasteiger partial charge in [-0.15, -0.1) is 12.4 Å². The fourth-order valence-corrected chi connectivity index (χ4v) is 3.99. The number of nitrogens with one attached hydrogen (secondary N) is 1. The van der Waals surface area contributed by atoms with Crippen LogP contribution in [0.1, 0.15) is 24.8 Å². The third-order valence-electron chi connectivity index (χ3n) is 5.50. The Morgan fingerprint density at radius 3 is 2.50 bits per heavy atom. The minimum absolute atomic E-state index is 0.